The molecule has 0 aliphatic heterocycles. The van der Waals surface area contributed by atoms with Crippen LogP contribution in [0.4, 0.5) is 0 Å². The van der Waals surface area contributed by atoms with Gasteiger partial charge in [0.05, 0.1) is 12.7 Å². The van der Waals surface area contributed by atoms with Crippen molar-refractivity contribution in [3.05, 3.63) is 0 Å². The highest BCUT2D eigenvalue weighted by atomic mass is 32.1. The fourth-order valence-electron chi connectivity index (χ4n) is 0.624. The molecule has 1 atom stereocenters. The van der Waals surface area contributed by atoms with Crippen molar-refractivity contribution in [2.24, 2.45) is 0 Å². The van der Waals surface area contributed by atoms with E-state index in [1.165, 1.54) is 0 Å². The average Bonchev–Trinajstić information content (AvgIpc) is 2.10. The quantitative estimate of drug-likeness (QED) is 0.416. The number of hydrogen-bond acceptors (Lipinski definition) is 4. The number of amides is 1. The number of aliphatic hydroxyl groups is 2. The van der Waals surface area contributed by atoms with Gasteiger partial charge >= 0.3 is 0 Å². The molecule has 0 aromatic heterocycles. The van der Waals surface area contributed by atoms with E-state index in [2.05, 4.69) is 17.9 Å². The second-order valence-electron chi connectivity index (χ2n) is 2.47. The molecule has 0 aromatic carbocycles. The standard InChI is InChI=1S/C7H15NO3S/c9-5-6(10)4-8-7(11)2-1-3-12/h6,9-10,12H,1-5H2,(H,8,11). The summed E-state index contributed by atoms with van der Waals surface area (Å²) in [6.45, 7) is -0.214. The number of hydrogen-bond donors (Lipinski definition) is 4. The molecule has 4 nitrogen and oxygen atoms in total. The first kappa shape index (κ1) is 11.7. The molecule has 1 unspecified atom stereocenters. The summed E-state index contributed by atoms with van der Waals surface area (Å²) in [4.78, 5) is 10.9. The van der Waals surface area contributed by atoms with Crippen LogP contribution in [-0.2, 0) is 4.79 Å². The van der Waals surface area contributed by atoms with E-state index in [1.807, 2.05) is 0 Å². The van der Waals surface area contributed by atoms with Crippen LogP contribution in [0.3, 0.4) is 0 Å². The summed E-state index contributed by atoms with van der Waals surface area (Å²) < 4.78 is 0. The highest BCUT2D eigenvalue weighted by Gasteiger charge is 2.04. The Morgan fingerprint density at radius 2 is 2.25 bits per heavy atom. The summed E-state index contributed by atoms with van der Waals surface area (Å²) in [6, 6.07) is 0. The minimum absolute atomic E-state index is 0.113. The molecule has 0 spiro atoms. The van der Waals surface area contributed by atoms with E-state index in [4.69, 9.17) is 10.2 Å². The summed E-state index contributed by atoms with van der Waals surface area (Å²) >= 11 is 3.95. The SMILES string of the molecule is O=C(CCCS)NCC(O)CO. The van der Waals surface area contributed by atoms with Gasteiger partial charge in [0.1, 0.15) is 0 Å². The smallest absolute Gasteiger partial charge is 0.220 e. The maximum Gasteiger partial charge on any atom is 0.220 e. The van der Waals surface area contributed by atoms with Gasteiger partial charge in [-0.1, -0.05) is 0 Å². The second-order valence-corrected chi connectivity index (χ2v) is 2.91. The lowest BCUT2D eigenvalue weighted by Crippen LogP contribution is -2.33. The molecule has 0 heterocycles. The minimum atomic E-state index is -0.857. The first-order valence-electron chi connectivity index (χ1n) is 3.87. The van der Waals surface area contributed by atoms with Crippen molar-refractivity contribution in [3.8, 4) is 0 Å². The average molecular weight is 193 g/mol. The maximum absolute atomic E-state index is 10.9. The van der Waals surface area contributed by atoms with Gasteiger partial charge in [-0.25, -0.2) is 0 Å². The van der Waals surface area contributed by atoms with E-state index in [0.29, 0.717) is 12.2 Å². The monoisotopic (exact) mass is 193 g/mol. The summed E-state index contributed by atoms with van der Waals surface area (Å²) in [7, 11) is 0. The van der Waals surface area contributed by atoms with E-state index in [9.17, 15) is 4.79 Å². The van der Waals surface area contributed by atoms with E-state index < -0.39 is 6.10 Å². The van der Waals surface area contributed by atoms with Gasteiger partial charge in [-0.2, -0.15) is 12.6 Å². The van der Waals surface area contributed by atoms with Crippen LogP contribution in [0.25, 0.3) is 0 Å². The molecule has 0 fully saturated rings. The lowest BCUT2D eigenvalue weighted by Gasteiger charge is -2.08. The number of rotatable bonds is 6. The summed E-state index contributed by atoms with van der Waals surface area (Å²) in [5.41, 5.74) is 0. The molecule has 0 aromatic rings. The third-order valence-electron chi connectivity index (χ3n) is 1.31. The highest BCUT2D eigenvalue weighted by molar-refractivity contribution is 7.80. The van der Waals surface area contributed by atoms with E-state index in [1.54, 1.807) is 0 Å². The van der Waals surface area contributed by atoms with Gasteiger partial charge in [0.15, 0.2) is 0 Å². The number of nitrogens with one attached hydrogen (secondary N) is 1. The molecule has 3 N–H and O–H groups in total. The Morgan fingerprint density at radius 1 is 1.58 bits per heavy atom. The molecule has 12 heavy (non-hydrogen) atoms. The fraction of sp³-hybridized carbons (Fsp3) is 0.857. The first-order chi connectivity index (χ1) is 5.70. The Morgan fingerprint density at radius 3 is 2.75 bits per heavy atom. The second kappa shape index (κ2) is 7.39. The summed E-state index contributed by atoms with van der Waals surface area (Å²) in [5, 5.41) is 19.7. The molecule has 0 aliphatic rings. The van der Waals surface area contributed by atoms with Crippen molar-refractivity contribution in [3.63, 3.8) is 0 Å². The predicted octanol–water partition coefficient (Wildman–Crippen LogP) is -0.834. The number of carbonyl (C=O) groups is 1. The Hall–Kier alpha value is -0.260. The normalized spacial score (nSPS) is 12.6. The van der Waals surface area contributed by atoms with Crippen LogP contribution in [0.15, 0.2) is 0 Å². The van der Waals surface area contributed by atoms with E-state index in [-0.39, 0.29) is 19.1 Å². The molecule has 72 valence electrons. The van der Waals surface area contributed by atoms with Crippen molar-refractivity contribution in [1.29, 1.82) is 0 Å². The Balaban J connectivity index is 3.31. The van der Waals surface area contributed by atoms with Gasteiger partial charge in [0.25, 0.3) is 0 Å². The zero-order valence-corrected chi connectivity index (χ0v) is 7.76. The third-order valence-corrected chi connectivity index (χ3v) is 1.62. The molecule has 5 heteroatoms. The Bertz CT molecular complexity index is 132. The Kier molecular flexibility index (Phi) is 7.23. The highest BCUT2D eigenvalue weighted by Crippen LogP contribution is 1.90. The maximum atomic E-state index is 10.9. The number of aliphatic hydroxyl groups excluding tert-OH is 2. The molecule has 0 saturated carbocycles. The number of thiol groups is 1. The van der Waals surface area contributed by atoms with Crippen LogP contribution in [0, 0.1) is 0 Å². The van der Waals surface area contributed by atoms with E-state index >= 15 is 0 Å². The lowest BCUT2D eigenvalue weighted by atomic mass is 10.3. The van der Waals surface area contributed by atoms with Gasteiger partial charge in [0.2, 0.25) is 5.91 Å². The van der Waals surface area contributed by atoms with E-state index in [0.717, 1.165) is 6.42 Å². The minimum Gasteiger partial charge on any atom is -0.394 e. The van der Waals surface area contributed by atoms with Crippen molar-refractivity contribution in [2.45, 2.75) is 18.9 Å². The van der Waals surface area contributed by atoms with Crippen LogP contribution >= 0.6 is 12.6 Å². The van der Waals surface area contributed by atoms with Crippen molar-refractivity contribution < 1.29 is 15.0 Å². The van der Waals surface area contributed by atoms with Gasteiger partial charge in [0, 0.05) is 13.0 Å². The van der Waals surface area contributed by atoms with Crippen molar-refractivity contribution in [1.82, 2.24) is 5.32 Å². The summed E-state index contributed by atoms with van der Waals surface area (Å²) in [6.07, 6.45) is 0.288. The molecule has 0 radical (unpaired) electrons. The number of carbonyl (C=O) groups excluding carboxylic acids is 1. The largest absolute Gasteiger partial charge is 0.394 e. The van der Waals surface area contributed by atoms with Gasteiger partial charge in [-0.15, -0.1) is 0 Å². The zero-order chi connectivity index (χ0) is 9.40. The molecule has 0 saturated heterocycles. The molecule has 0 rings (SSSR count). The molecular formula is C7H15NO3S. The van der Waals surface area contributed by atoms with Crippen LogP contribution in [-0.4, -0.2) is 41.1 Å². The van der Waals surface area contributed by atoms with Crippen molar-refractivity contribution in [2.75, 3.05) is 18.9 Å². The van der Waals surface area contributed by atoms with Gasteiger partial charge in [-0.05, 0) is 12.2 Å². The topological polar surface area (TPSA) is 69.6 Å². The lowest BCUT2D eigenvalue weighted by molar-refractivity contribution is -0.121. The van der Waals surface area contributed by atoms with Crippen molar-refractivity contribution >= 4 is 18.5 Å². The third kappa shape index (κ3) is 6.45. The predicted molar refractivity (Wildman–Crippen MR) is 49.2 cm³/mol. The van der Waals surface area contributed by atoms with Crippen LogP contribution in [0.2, 0.25) is 0 Å². The van der Waals surface area contributed by atoms with Crippen LogP contribution in [0.5, 0.6) is 0 Å². The first-order valence-corrected chi connectivity index (χ1v) is 4.50. The Labute approximate surface area is 77.4 Å². The van der Waals surface area contributed by atoms with Gasteiger partial charge in [-0.3, -0.25) is 4.79 Å². The molecule has 0 bridgehead atoms. The van der Waals surface area contributed by atoms with Crippen LogP contribution < -0.4 is 5.32 Å². The zero-order valence-electron chi connectivity index (χ0n) is 6.86. The van der Waals surface area contributed by atoms with Gasteiger partial charge < -0.3 is 15.5 Å². The fourth-order valence-corrected chi connectivity index (χ4v) is 0.782. The van der Waals surface area contributed by atoms with Crippen LogP contribution in [0.1, 0.15) is 12.8 Å². The molecular weight excluding hydrogens is 178 g/mol. The molecule has 0 aliphatic carbocycles. The summed E-state index contributed by atoms with van der Waals surface area (Å²) in [5.74, 6) is 0.562. The molecule has 1 amide bonds.